The second-order valence-electron chi connectivity index (χ2n) is 3.98. The average molecular weight is 278 g/mol. The molecule has 5 nitrogen and oxygen atoms in total. The molecule has 0 fully saturated rings. The van der Waals surface area contributed by atoms with E-state index in [4.69, 9.17) is 9.88 Å². The first kappa shape index (κ1) is 13.5. The van der Waals surface area contributed by atoms with Crippen molar-refractivity contribution in [2.75, 3.05) is 0 Å². The molecular formula is C13H14N2O3S. The van der Waals surface area contributed by atoms with Crippen LogP contribution in [0, 0.1) is 0 Å². The molecule has 2 rings (SSSR count). The van der Waals surface area contributed by atoms with Gasteiger partial charge < -0.3 is 4.74 Å². The number of pyridine rings is 1. The summed E-state index contributed by atoms with van der Waals surface area (Å²) >= 11 is 0. The van der Waals surface area contributed by atoms with Crippen LogP contribution in [-0.4, -0.2) is 13.4 Å². The van der Waals surface area contributed by atoms with Crippen molar-refractivity contribution in [2.45, 2.75) is 18.2 Å². The first-order valence-electron chi connectivity index (χ1n) is 5.74. The van der Waals surface area contributed by atoms with E-state index in [1.807, 2.05) is 24.3 Å². The van der Waals surface area contributed by atoms with E-state index in [9.17, 15) is 8.42 Å². The Balaban J connectivity index is 2.15. The highest BCUT2D eigenvalue weighted by atomic mass is 32.2. The van der Waals surface area contributed by atoms with Crippen LogP contribution < -0.4 is 9.88 Å². The summed E-state index contributed by atoms with van der Waals surface area (Å²) < 4.78 is 27.6. The summed E-state index contributed by atoms with van der Waals surface area (Å²) in [4.78, 5) is 3.86. The van der Waals surface area contributed by atoms with Crippen LogP contribution in [0.15, 0.2) is 47.5 Å². The van der Waals surface area contributed by atoms with Crippen molar-refractivity contribution in [3.63, 3.8) is 0 Å². The predicted molar refractivity (Wildman–Crippen MR) is 71.5 cm³/mol. The van der Waals surface area contributed by atoms with Crippen molar-refractivity contribution >= 4 is 10.0 Å². The number of aromatic nitrogens is 1. The predicted octanol–water partition coefficient (Wildman–Crippen LogP) is 2.08. The van der Waals surface area contributed by atoms with E-state index in [-0.39, 0.29) is 4.90 Å². The first-order chi connectivity index (χ1) is 8.99. The van der Waals surface area contributed by atoms with Crippen LogP contribution in [-0.2, 0) is 16.4 Å². The molecule has 0 amide bonds. The molecule has 0 atom stereocenters. The SMILES string of the molecule is CCc1ccc(Oc2ccc(S(N)(=O)=O)cn2)cc1. The van der Waals surface area contributed by atoms with Crippen LogP contribution in [0.1, 0.15) is 12.5 Å². The zero-order chi connectivity index (χ0) is 13.9. The van der Waals surface area contributed by atoms with E-state index in [1.165, 1.54) is 23.9 Å². The van der Waals surface area contributed by atoms with Gasteiger partial charge in [-0.05, 0) is 30.2 Å². The van der Waals surface area contributed by atoms with Crippen LogP contribution >= 0.6 is 0 Å². The average Bonchev–Trinajstić information content (AvgIpc) is 2.39. The van der Waals surface area contributed by atoms with Gasteiger partial charge in [-0.25, -0.2) is 18.5 Å². The molecule has 0 spiro atoms. The molecule has 0 aliphatic rings. The molecule has 0 radical (unpaired) electrons. The molecule has 6 heteroatoms. The summed E-state index contributed by atoms with van der Waals surface area (Å²) in [6.45, 7) is 2.07. The second kappa shape index (κ2) is 5.38. The number of rotatable bonds is 4. The molecule has 0 bridgehead atoms. The standard InChI is InChI=1S/C13H14N2O3S/c1-2-10-3-5-11(6-4-10)18-13-8-7-12(9-15-13)19(14,16)17/h3-9H,2H2,1H3,(H2,14,16,17). The molecule has 19 heavy (non-hydrogen) atoms. The number of hydrogen-bond acceptors (Lipinski definition) is 4. The fourth-order valence-electron chi connectivity index (χ4n) is 1.51. The van der Waals surface area contributed by atoms with Gasteiger partial charge in [0.1, 0.15) is 10.6 Å². The van der Waals surface area contributed by atoms with Crippen molar-refractivity contribution in [3.05, 3.63) is 48.2 Å². The maximum atomic E-state index is 11.1. The van der Waals surface area contributed by atoms with Gasteiger partial charge in [0, 0.05) is 6.07 Å². The summed E-state index contributed by atoms with van der Waals surface area (Å²) in [5, 5.41) is 4.98. The van der Waals surface area contributed by atoms with Gasteiger partial charge >= 0.3 is 0 Å². The van der Waals surface area contributed by atoms with Crippen LogP contribution in [0.3, 0.4) is 0 Å². The number of hydrogen-bond donors (Lipinski definition) is 1. The van der Waals surface area contributed by atoms with Crippen molar-refractivity contribution in [1.82, 2.24) is 4.98 Å². The van der Waals surface area contributed by atoms with Gasteiger partial charge in [-0.3, -0.25) is 0 Å². The van der Waals surface area contributed by atoms with Crippen LogP contribution in [0.25, 0.3) is 0 Å². The van der Waals surface area contributed by atoms with E-state index < -0.39 is 10.0 Å². The molecule has 0 aliphatic heterocycles. The molecule has 2 aromatic rings. The molecule has 0 aliphatic carbocycles. The Labute approximate surface area is 112 Å². The summed E-state index contributed by atoms with van der Waals surface area (Å²) in [7, 11) is -3.72. The van der Waals surface area contributed by atoms with E-state index in [1.54, 1.807) is 0 Å². The van der Waals surface area contributed by atoms with Crippen molar-refractivity contribution in [2.24, 2.45) is 5.14 Å². The minimum atomic E-state index is -3.72. The number of benzene rings is 1. The van der Waals surface area contributed by atoms with E-state index in [2.05, 4.69) is 11.9 Å². The molecule has 1 aromatic carbocycles. The zero-order valence-corrected chi connectivity index (χ0v) is 11.2. The fraction of sp³-hybridized carbons (Fsp3) is 0.154. The zero-order valence-electron chi connectivity index (χ0n) is 10.4. The minimum Gasteiger partial charge on any atom is -0.439 e. The lowest BCUT2D eigenvalue weighted by atomic mass is 10.2. The lowest BCUT2D eigenvalue weighted by Gasteiger charge is -2.05. The number of ether oxygens (including phenoxy) is 1. The third-order valence-electron chi connectivity index (χ3n) is 2.59. The van der Waals surface area contributed by atoms with Crippen molar-refractivity contribution < 1.29 is 13.2 Å². The molecule has 0 unspecified atom stereocenters. The lowest BCUT2D eigenvalue weighted by molar-refractivity contribution is 0.461. The highest BCUT2D eigenvalue weighted by molar-refractivity contribution is 7.89. The molecule has 0 saturated heterocycles. The Hall–Kier alpha value is -1.92. The maximum Gasteiger partial charge on any atom is 0.239 e. The lowest BCUT2D eigenvalue weighted by Crippen LogP contribution is -2.12. The van der Waals surface area contributed by atoms with Crippen LogP contribution in [0.5, 0.6) is 11.6 Å². The summed E-state index contributed by atoms with van der Waals surface area (Å²) in [5.74, 6) is 0.963. The molecule has 100 valence electrons. The Kier molecular flexibility index (Phi) is 3.82. The van der Waals surface area contributed by atoms with Crippen molar-refractivity contribution in [1.29, 1.82) is 0 Å². The molecule has 0 saturated carbocycles. The highest BCUT2D eigenvalue weighted by Gasteiger charge is 2.08. The largest absolute Gasteiger partial charge is 0.439 e. The summed E-state index contributed by atoms with van der Waals surface area (Å²) in [6.07, 6.45) is 2.13. The number of sulfonamides is 1. The topological polar surface area (TPSA) is 82.3 Å². The van der Waals surface area contributed by atoms with E-state index in [0.717, 1.165) is 6.42 Å². The minimum absolute atomic E-state index is 0.0406. The van der Waals surface area contributed by atoms with Gasteiger partial charge in [0.25, 0.3) is 0 Å². The monoisotopic (exact) mass is 278 g/mol. The molecule has 2 N–H and O–H groups in total. The number of aryl methyl sites for hydroxylation is 1. The van der Waals surface area contributed by atoms with Gasteiger partial charge in [0.05, 0.1) is 6.20 Å². The van der Waals surface area contributed by atoms with E-state index >= 15 is 0 Å². The van der Waals surface area contributed by atoms with Gasteiger partial charge in [0.15, 0.2) is 0 Å². The van der Waals surface area contributed by atoms with Crippen LogP contribution in [0.2, 0.25) is 0 Å². The van der Waals surface area contributed by atoms with Crippen molar-refractivity contribution in [3.8, 4) is 11.6 Å². The number of primary sulfonamides is 1. The second-order valence-corrected chi connectivity index (χ2v) is 5.54. The van der Waals surface area contributed by atoms with Gasteiger partial charge in [0.2, 0.25) is 15.9 Å². The molecular weight excluding hydrogens is 264 g/mol. The Bertz CT molecular complexity index is 649. The Morgan fingerprint density at radius 3 is 2.32 bits per heavy atom. The van der Waals surface area contributed by atoms with Gasteiger partial charge in [-0.2, -0.15) is 0 Å². The number of nitrogens with two attached hydrogens (primary N) is 1. The van der Waals surface area contributed by atoms with Gasteiger partial charge in [-0.1, -0.05) is 19.1 Å². The van der Waals surface area contributed by atoms with Gasteiger partial charge in [-0.15, -0.1) is 0 Å². The molecule has 1 aromatic heterocycles. The summed E-state index contributed by atoms with van der Waals surface area (Å²) in [6, 6.07) is 10.4. The third kappa shape index (κ3) is 3.52. The smallest absolute Gasteiger partial charge is 0.239 e. The fourth-order valence-corrected chi connectivity index (χ4v) is 1.97. The Morgan fingerprint density at radius 1 is 1.16 bits per heavy atom. The highest BCUT2D eigenvalue weighted by Crippen LogP contribution is 2.20. The summed E-state index contributed by atoms with van der Waals surface area (Å²) in [5.41, 5.74) is 1.21. The molecule has 1 heterocycles. The number of nitrogens with zero attached hydrogens (tertiary/aromatic N) is 1. The quantitative estimate of drug-likeness (QED) is 0.928. The normalized spacial score (nSPS) is 11.3. The Morgan fingerprint density at radius 2 is 1.84 bits per heavy atom. The van der Waals surface area contributed by atoms with Crippen LogP contribution in [0.4, 0.5) is 0 Å². The van der Waals surface area contributed by atoms with E-state index in [0.29, 0.717) is 11.6 Å². The third-order valence-corrected chi connectivity index (χ3v) is 3.49. The first-order valence-corrected chi connectivity index (χ1v) is 7.29. The maximum absolute atomic E-state index is 11.1.